The SMILES string of the molecule is CCc1ncc(C(=O)NCc2ccc(S(N)(=O)=O)cc2)cn1. The Kier molecular flexibility index (Phi) is 4.84. The van der Waals surface area contributed by atoms with E-state index in [0.29, 0.717) is 17.8 Å². The number of nitrogens with zero attached hydrogens (tertiary/aromatic N) is 2. The molecule has 0 radical (unpaired) electrons. The summed E-state index contributed by atoms with van der Waals surface area (Å²) in [6.07, 6.45) is 3.66. The highest BCUT2D eigenvalue weighted by Gasteiger charge is 2.09. The minimum atomic E-state index is -3.70. The molecule has 22 heavy (non-hydrogen) atoms. The predicted octanol–water partition coefficient (Wildman–Crippen LogP) is 0.616. The number of nitrogens with one attached hydrogen (secondary N) is 1. The first-order valence-electron chi connectivity index (χ1n) is 6.61. The number of amides is 1. The molecule has 1 heterocycles. The van der Waals surface area contributed by atoms with E-state index in [0.717, 1.165) is 5.56 Å². The summed E-state index contributed by atoms with van der Waals surface area (Å²) in [5, 5.41) is 7.73. The fourth-order valence-corrected chi connectivity index (χ4v) is 2.25. The molecule has 0 saturated carbocycles. The van der Waals surface area contributed by atoms with Gasteiger partial charge in [-0.2, -0.15) is 0 Å². The van der Waals surface area contributed by atoms with E-state index in [1.807, 2.05) is 6.92 Å². The summed E-state index contributed by atoms with van der Waals surface area (Å²) in [6, 6.07) is 5.99. The fourth-order valence-electron chi connectivity index (χ4n) is 1.74. The standard InChI is InChI=1S/C14H16N4O3S/c1-2-13-16-8-11(9-17-13)14(19)18-7-10-3-5-12(6-4-10)22(15,20)21/h3-6,8-9H,2,7H2,1H3,(H,18,19)(H2,15,20,21). The van der Waals surface area contributed by atoms with Crippen LogP contribution in [-0.4, -0.2) is 24.3 Å². The first-order valence-corrected chi connectivity index (χ1v) is 8.15. The van der Waals surface area contributed by atoms with Crippen molar-refractivity contribution in [2.75, 3.05) is 0 Å². The summed E-state index contributed by atoms with van der Waals surface area (Å²) in [5.41, 5.74) is 1.13. The van der Waals surface area contributed by atoms with Crippen molar-refractivity contribution in [3.05, 3.63) is 53.6 Å². The van der Waals surface area contributed by atoms with Crippen LogP contribution in [-0.2, 0) is 23.0 Å². The molecular formula is C14H16N4O3S. The summed E-state index contributed by atoms with van der Waals surface area (Å²) >= 11 is 0. The van der Waals surface area contributed by atoms with Crippen molar-refractivity contribution in [1.29, 1.82) is 0 Å². The fraction of sp³-hybridized carbons (Fsp3) is 0.214. The maximum atomic E-state index is 11.9. The Labute approximate surface area is 128 Å². The molecule has 0 aliphatic heterocycles. The van der Waals surface area contributed by atoms with Crippen LogP contribution in [0.2, 0.25) is 0 Å². The second-order valence-corrected chi connectivity index (χ2v) is 6.17. The van der Waals surface area contributed by atoms with Crippen LogP contribution >= 0.6 is 0 Å². The van der Waals surface area contributed by atoms with Crippen LogP contribution in [0.5, 0.6) is 0 Å². The molecule has 2 rings (SSSR count). The van der Waals surface area contributed by atoms with Gasteiger partial charge in [0.25, 0.3) is 5.91 Å². The zero-order valence-corrected chi connectivity index (χ0v) is 12.8. The molecule has 0 aliphatic carbocycles. The Bertz CT molecular complexity index is 756. The highest BCUT2D eigenvalue weighted by atomic mass is 32.2. The Morgan fingerprint density at radius 1 is 1.18 bits per heavy atom. The van der Waals surface area contributed by atoms with Crippen molar-refractivity contribution in [2.45, 2.75) is 24.8 Å². The average Bonchev–Trinajstić information content (AvgIpc) is 2.52. The van der Waals surface area contributed by atoms with Gasteiger partial charge in [0.05, 0.1) is 10.5 Å². The van der Waals surface area contributed by atoms with Crippen molar-refractivity contribution < 1.29 is 13.2 Å². The average molecular weight is 320 g/mol. The molecule has 0 atom stereocenters. The van der Waals surface area contributed by atoms with Crippen LogP contribution < -0.4 is 10.5 Å². The molecule has 0 saturated heterocycles. The predicted molar refractivity (Wildman–Crippen MR) is 80.4 cm³/mol. The monoisotopic (exact) mass is 320 g/mol. The van der Waals surface area contributed by atoms with E-state index in [2.05, 4.69) is 15.3 Å². The van der Waals surface area contributed by atoms with E-state index in [1.54, 1.807) is 12.1 Å². The molecule has 2 aromatic rings. The normalized spacial score (nSPS) is 11.2. The van der Waals surface area contributed by atoms with Gasteiger partial charge < -0.3 is 5.32 Å². The van der Waals surface area contributed by atoms with Crippen LogP contribution in [0.4, 0.5) is 0 Å². The number of sulfonamides is 1. The molecule has 3 N–H and O–H groups in total. The van der Waals surface area contributed by atoms with Gasteiger partial charge in [0, 0.05) is 25.4 Å². The van der Waals surface area contributed by atoms with E-state index in [9.17, 15) is 13.2 Å². The van der Waals surface area contributed by atoms with Crippen LogP contribution in [0.25, 0.3) is 0 Å². The van der Waals surface area contributed by atoms with E-state index in [-0.39, 0.29) is 17.3 Å². The molecule has 0 unspecified atom stereocenters. The lowest BCUT2D eigenvalue weighted by Crippen LogP contribution is -2.23. The summed E-state index contributed by atoms with van der Waals surface area (Å²) in [5.74, 6) is 0.383. The second kappa shape index (κ2) is 6.63. The lowest BCUT2D eigenvalue weighted by Gasteiger charge is -2.06. The lowest BCUT2D eigenvalue weighted by molar-refractivity contribution is 0.0950. The Balaban J connectivity index is 1.98. The minimum Gasteiger partial charge on any atom is -0.348 e. The number of aryl methyl sites for hydroxylation is 1. The van der Waals surface area contributed by atoms with Crippen molar-refractivity contribution in [1.82, 2.24) is 15.3 Å². The first kappa shape index (κ1) is 16.1. The Morgan fingerprint density at radius 2 is 1.77 bits per heavy atom. The molecule has 0 spiro atoms. The van der Waals surface area contributed by atoms with Crippen molar-refractivity contribution >= 4 is 15.9 Å². The van der Waals surface area contributed by atoms with Gasteiger partial charge in [0.2, 0.25) is 10.0 Å². The van der Waals surface area contributed by atoms with Crippen LogP contribution in [0.15, 0.2) is 41.6 Å². The van der Waals surface area contributed by atoms with Crippen LogP contribution in [0.3, 0.4) is 0 Å². The van der Waals surface area contributed by atoms with Crippen LogP contribution in [0.1, 0.15) is 28.7 Å². The van der Waals surface area contributed by atoms with Crippen molar-refractivity contribution in [3.8, 4) is 0 Å². The largest absolute Gasteiger partial charge is 0.348 e. The number of hydrogen-bond donors (Lipinski definition) is 2. The number of benzene rings is 1. The first-order chi connectivity index (χ1) is 10.4. The topological polar surface area (TPSA) is 115 Å². The maximum Gasteiger partial charge on any atom is 0.254 e. The third-order valence-corrected chi connectivity index (χ3v) is 3.92. The highest BCUT2D eigenvalue weighted by Crippen LogP contribution is 2.08. The number of rotatable bonds is 5. The van der Waals surface area contributed by atoms with E-state index < -0.39 is 10.0 Å². The van der Waals surface area contributed by atoms with Gasteiger partial charge in [-0.1, -0.05) is 19.1 Å². The van der Waals surface area contributed by atoms with E-state index in [1.165, 1.54) is 24.5 Å². The van der Waals surface area contributed by atoms with Gasteiger partial charge in [0.15, 0.2) is 0 Å². The minimum absolute atomic E-state index is 0.0335. The van der Waals surface area contributed by atoms with Gasteiger partial charge in [0.1, 0.15) is 5.82 Å². The smallest absolute Gasteiger partial charge is 0.254 e. The quantitative estimate of drug-likeness (QED) is 0.838. The molecule has 1 amide bonds. The molecule has 0 fully saturated rings. The van der Waals surface area contributed by atoms with Gasteiger partial charge in [-0.25, -0.2) is 23.5 Å². The number of carbonyl (C=O) groups is 1. The molecule has 0 bridgehead atoms. The van der Waals surface area contributed by atoms with Crippen LogP contribution in [0, 0.1) is 0 Å². The van der Waals surface area contributed by atoms with E-state index >= 15 is 0 Å². The second-order valence-electron chi connectivity index (χ2n) is 4.61. The summed E-state index contributed by atoms with van der Waals surface area (Å²) in [6.45, 7) is 2.19. The summed E-state index contributed by atoms with van der Waals surface area (Å²) in [7, 11) is -3.70. The number of hydrogen-bond acceptors (Lipinski definition) is 5. The Morgan fingerprint density at radius 3 is 2.27 bits per heavy atom. The summed E-state index contributed by atoms with van der Waals surface area (Å²) in [4.78, 5) is 20.1. The van der Waals surface area contributed by atoms with Gasteiger partial charge >= 0.3 is 0 Å². The van der Waals surface area contributed by atoms with Crippen molar-refractivity contribution in [2.24, 2.45) is 5.14 Å². The molecule has 0 aliphatic rings. The number of primary sulfonamides is 1. The molecule has 7 nitrogen and oxygen atoms in total. The van der Waals surface area contributed by atoms with Crippen molar-refractivity contribution in [3.63, 3.8) is 0 Å². The van der Waals surface area contributed by atoms with Gasteiger partial charge in [-0.15, -0.1) is 0 Å². The third-order valence-electron chi connectivity index (χ3n) is 2.99. The number of nitrogens with two attached hydrogens (primary N) is 1. The molecule has 8 heteroatoms. The molecule has 1 aromatic heterocycles. The molecular weight excluding hydrogens is 304 g/mol. The highest BCUT2D eigenvalue weighted by molar-refractivity contribution is 7.89. The molecule has 116 valence electrons. The third kappa shape index (κ3) is 4.09. The van der Waals surface area contributed by atoms with Gasteiger partial charge in [-0.3, -0.25) is 4.79 Å². The van der Waals surface area contributed by atoms with E-state index in [4.69, 9.17) is 5.14 Å². The number of aromatic nitrogens is 2. The summed E-state index contributed by atoms with van der Waals surface area (Å²) < 4.78 is 22.3. The lowest BCUT2D eigenvalue weighted by atomic mass is 10.2. The number of carbonyl (C=O) groups excluding carboxylic acids is 1. The molecule has 1 aromatic carbocycles. The van der Waals surface area contributed by atoms with Gasteiger partial charge in [-0.05, 0) is 17.7 Å². The zero-order chi connectivity index (χ0) is 16.2. The Hall–Kier alpha value is -2.32. The zero-order valence-electron chi connectivity index (χ0n) is 12.0. The maximum absolute atomic E-state index is 11.9.